The highest BCUT2D eigenvalue weighted by Crippen LogP contribution is 2.48. The van der Waals surface area contributed by atoms with E-state index in [1.807, 2.05) is 30.0 Å². The predicted molar refractivity (Wildman–Crippen MR) is 72.5 cm³/mol. The minimum atomic E-state index is -0.449. The van der Waals surface area contributed by atoms with Gasteiger partial charge in [0.15, 0.2) is 0 Å². The molecule has 4 heteroatoms. The fraction of sp³-hybridized carbons (Fsp3) is 0.571. The summed E-state index contributed by atoms with van der Waals surface area (Å²) >= 11 is 1.93. The maximum Gasteiger partial charge on any atom is 0.126 e. The van der Waals surface area contributed by atoms with Gasteiger partial charge >= 0.3 is 0 Å². The summed E-state index contributed by atoms with van der Waals surface area (Å²) in [5.41, 5.74) is 0.676. The Kier molecular flexibility index (Phi) is 2.94. The van der Waals surface area contributed by atoms with E-state index in [4.69, 9.17) is 9.47 Å². The van der Waals surface area contributed by atoms with Gasteiger partial charge in [0.05, 0.1) is 13.2 Å². The van der Waals surface area contributed by atoms with Crippen LogP contribution >= 0.6 is 11.8 Å². The van der Waals surface area contributed by atoms with E-state index in [9.17, 15) is 5.11 Å². The molecule has 2 aliphatic rings. The van der Waals surface area contributed by atoms with Crippen molar-refractivity contribution in [2.75, 3.05) is 12.9 Å². The van der Waals surface area contributed by atoms with E-state index in [1.54, 1.807) is 7.11 Å². The largest absolute Gasteiger partial charge is 0.497 e. The number of ether oxygens (including phenoxy) is 2. The Hall–Kier alpha value is -0.870. The van der Waals surface area contributed by atoms with Crippen LogP contribution < -0.4 is 9.47 Å². The summed E-state index contributed by atoms with van der Waals surface area (Å²) in [7, 11) is 1.63. The normalized spacial score (nSPS) is 34.2. The summed E-state index contributed by atoms with van der Waals surface area (Å²) in [5.74, 6) is 2.54. The summed E-state index contributed by atoms with van der Waals surface area (Å²) in [6, 6.07) is 5.67. The lowest BCUT2D eigenvalue weighted by atomic mass is 9.87. The van der Waals surface area contributed by atoms with E-state index in [0.29, 0.717) is 11.7 Å². The van der Waals surface area contributed by atoms with Crippen molar-refractivity contribution >= 4 is 11.8 Å². The Morgan fingerprint density at radius 2 is 2.28 bits per heavy atom. The summed E-state index contributed by atoms with van der Waals surface area (Å²) in [4.78, 5) is 0. The summed E-state index contributed by atoms with van der Waals surface area (Å²) in [6.07, 6.45) is 1.25. The van der Waals surface area contributed by atoms with Crippen LogP contribution in [0.3, 0.4) is 0 Å². The van der Waals surface area contributed by atoms with Gasteiger partial charge in [-0.2, -0.15) is 11.8 Å². The zero-order valence-corrected chi connectivity index (χ0v) is 11.5. The Balaban J connectivity index is 1.93. The minimum absolute atomic E-state index is 0.176. The summed E-state index contributed by atoms with van der Waals surface area (Å²) in [5, 5.41) is 11.0. The Bertz CT molecular complexity index is 462. The number of aliphatic hydroxyl groups excluding tert-OH is 1. The lowest BCUT2D eigenvalue weighted by Crippen LogP contribution is -2.41. The highest BCUT2D eigenvalue weighted by molar-refractivity contribution is 8.00. The van der Waals surface area contributed by atoms with E-state index < -0.39 is 6.10 Å². The summed E-state index contributed by atoms with van der Waals surface area (Å²) < 4.78 is 11.4. The smallest absolute Gasteiger partial charge is 0.126 e. The third kappa shape index (κ3) is 1.97. The van der Waals surface area contributed by atoms with E-state index in [-0.39, 0.29) is 5.60 Å². The zero-order chi connectivity index (χ0) is 12.8. The molecule has 1 aromatic rings. The van der Waals surface area contributed by atoms with Gasteiger partial charge in [-0.25, -0.2) is 0 Å². The number of aliphatic hydroxyl groups is 1. The van der Waals surface area contributed by atoms with Crippen molar-refractivity contribution in [3.63, 3.8) is 0 Å². The fourth-order valence-corrected chi connectivity index (χ4v) is 4.20. The van der Waals surface area contributed by atoms with Gasteiger partial charge in [-0.1, -0.05) is 6.92 Å². The van der Waals surface area contributed by atoms with Gasteiger partial charge in [-0.3, -0.25) is 0 Å². The minimum Gasteiger partial charge on any atom is -0.497 e. The molecule has 2 aliphatic heterocycles. The highest BCUT2D eigenvalue weighted by atomic mass is 32.2. The number of methoxy groups -OCH3 is 1. The van der Waals surface area contributed by atoms with Gasteiger partial charge in [-0.15, -0.1) is 0 Å². The number of hydrogen-bond acceptors (Lipinski definition) is 4. The first kappa shape index (κ1) is 12.2. The van der Waals surface area contributed by atoms with Crippen LogP contribution in [0, 0.1) is 0 Å². The second-order valence-electron chi connectivity index (χ2n) is 5.23. The van der Waals surface area contributed by atoms with Crippen LogP contribution in [-0.2, 0) is 0 Å². The molecular formula is C14H18O3S. The quantitative estimate of drug-likeness (QED) is 0.848. The SMILES string of the molecule is COc1ccc2c(c1)[C@@H](O)CC1(CSC(C)C1)O2. The van der Waals surface area contributed by atoms with Crippen molar-refractivity contribution in [3.05, 3.63) is 23.8 Å². The lowest BCUT2D eigenvalue weighted by Gasteiger charge is -2.38. The predicted octanol–water partition coefficient (Wildman–Crippen LogP) is 2.78. The van der Waals surface area contributed by atoms with Crippen molar-refractivity contribution < 1.29 is 14.6 Å². The van der Waals surface area contributed by atoms with Crippen LogP contribution in [0.25, 0.3) is 0 Å². The topological polar surface area (TPSA) is 38.7 Å². The molecule has 0 aromatic heterocycles. The van der Waals surface area contributed by atoms with Crippen molar-refractivity contribution in [1.82, 2.24) is 0 Å². The number of thioether (sulfide) groups is 1. The maximum absolute atomic E-state index is 10.3. The first-order valence-electron chi connectivity index (χ1n) is 6.28. The average molecular weight is 266 g/mol. The number of hydrogen-bond donors (Lipinski definition) is 1. The molecule has 1 spiro atoms. The first-order valence-corrected chi connectivity index (χ1v) is 7.33. The van der Waals surface area contributed by atoms with Crippen molar-refractivity contribution in [1.29, 1.82) is 0 Å². The molecule has 98 valence electrons. The molecular weight excluding hydrogens is 248 g/mol. The monoisotopic (exact) mass is 266 g/mol. The molecule has 3 rings (SSSR count). The molecule has 0 bridgehead atoms. The average Bonchev–Trinajstić information content (AvgIpc) is 2.70. The van der Waals surface area contributed by atoms with Crippen LogP contribution in [0.4, 0.5) is 0 Å². The van der Waals surface area contributed by atoms with Crippen molar-refractivity contribution in [2.45, 2.75) is 36.7 Å². The zero-order valence-electron chi connectivity index (χ0n) is 10.7. The van der Waals surface area contributed by atoms with Crippen LogP contribution in [-0.4, -0.2) is 28.8 Å². The fourth-order valence-electron chi connectivity index (χ4n) is 2.89. The van der Waals surface area contributed by atoms with E-state index >= 15 is 0 Å². The van der Waals surface area contributed by atoms with Gasteiger partial charge in [-0.05, 0) is 24.6 Å². The molecule has 1 saturated heterocycles. The molecule has 2 heterocycles. The molecule has 1 aromatic carbocycles. The number of rotatable bonds is 1. The van der Waals surface area contributed by atoms with E-state index in [2.05, 4.69) is 6.92 Å². The molecule has 1 fully saturated rings. The standard InChI is InChI=1S/C14H18O3S/c1-9-6-14(8-18-9)7-12(15)11-5-10(16-2)3-4-13(11)17-14/h3-5,9,12,15H,6-8H2,1-2H3/t9?,12-,14?/m0/s1. The Morgan fingerprint density at radius 3 is 2.94 bits per heavy atom. The summed E-state index contributed by atoms with van der Waals surface area (Å²) in [6.45, 7) is 2.22. The number of benzene rings is 1. The maximum atomic E-state index is 10.3. The second kappa shape index (κ2) is 4.35. The van der Waals surface area contributed by atoms with E-state index in [0.717, 1.165) is 29.2 Å². The second-order valence-corrected chi connectivity index (χ2v) is 6.66. The molecule has 0 amide bonds. The van der Waals surface area contributed by atoms with Crippen LogP contribution in [0.5, 0.6) is 11.5 Å². The third-order valence-electron chi connectivity index (χ3n) is 3.76. The first-order chi connectivity index (χ1) is 8.62. The highest BCUT2D eigenvalue weighted by Gasteiger charge is 2.45. The Labute approximate surface area is 111 Å². The molecule has 1 N–H and O–H groups in total. The van der Waals surface area contributed by atoms with Gasteiger partial charge < -0.3 is 14.6 Å². The van der Waals surface area contributed by atoms with Crippen LogP contribution in [0.2, 0.25) is 0 Å². The van der Waals surface area contributed by atoms with Gasteiger partial charge in [0.1, 0.15) is 17.1 Å². The molecule has 0 radical (unpaired) electrons. The molecule has 18 heavy (non-hydrogen) atoms. The Morgan fingerprint density at radius 1 is 1.44 bits per heavy atom. The molecule has 0 saturated carbocycles. The van der Waals surface area contributed by atoms with Gasteiger partial charge in [0.25, 0.3) is 0 Å². The van der Waals surface area contributed by atoms with Crippen molar-refractivity contribution in [2.24, 2.45) is 0 Å². The van der Waals surface area contributed by atoms with E-state index in [1.165, 1.54) is 0 Å². The van der Waals surface area contributed by atoms with Crippen LogP contribution in [0.15, 0.2) is 18.2 Å². The lowest BCUT2D eigenvalue weighted by molar-refractivity contribution is 0.00135. The molecule has 2 unspecified atom stereocenters. The third-order valence-corrected chi connectivity index (χ3v) is 5.19. The molecule has 3 nitrogen and oxygen atoms in total. The van der Waals surface area contributed by atoms with Crippen molar-refractivity contribution in [3.8, 4) is 11.5 Å². The van der Waals surface area contributed by atoms with Gasteiger partial charge in [0, 0.05) is 23.0 Å². The molecule has 3 atom stereocenters. The van der Waals surface area contributed by atoms with Crippen LogP contribution in [0.1, 0.15) is 31.4 Å². The molecule has 0 aliphatic carbocycles. The van der Waals surface area contributed by atoms with Gasteiger partial charge in [0.2, 0.25) is 0 Å². The number of fused-ring (bicyclic) bond motifs is 1.